The van der Waals surface area contributed by atoms with Gasteiger partial charge in [-0.1, -0.05) is 26.0 Å². The lowest BCUT2D eigenvalue weighted by atomic mass is 10.2. The van der Waals surface area contributed by atoms with Gasteiger partial charge in [0.2, 0.25) is 0 Å². The van der Waals surface area contributed by atoms with Gasteiger partial charge < -0.3 is 9.47 Å². The Bertz CT molecular complexity index is 139. The molecule has 92 valence electrons. The number of unbranched alkanes of at least 4 members (excludes halogenated alkanes) is 2. The van der Waals surface area contributed by atoms with E-state index in [1.54, 1.807) is 7.11 Å². The lowest BCUT2D eigenvalue weighted by Gasteiger charge is -2.23. The van der Waals surface area contributed by atoms with Crippen LogP contribution in [-0.2, 0) is 9.47 Å². The fourth-order valence-electron chi connectivity index (χ4n) is 0.908. The van der Waals surface area contributed by atoms with Crippen molar-refractivity contribution in [3.8, 4) is 0 Å². The molecule has 0 saturated carbocycles. The Hall–Kier alpha value is -0.340. The van der Waals surface area contributed by atoms with Gasteiger partial charge in [-0.15, -0.1) is 0 Å². The van der Waals surface area contributed by atoms with E-state index in [1.165, 1.54) is 6.42 Å². The van der Waals surface area contributed by atoms with Crippen LogP contribution in [0.1, 0.15) is 53.9 Å². The molecule has 0 atom stereocenters. The van der Waals surface area contributed by atoms with E-state index in [4.69, 9.17) is 9.47 Å². The Morgan fingerprint density at radius 3 is 2.20 bits per heavy atom. The van der Waals surface area contributed by atoms with Gasteiger partial charge in [0.1, 0.15) is 0 Å². The highest BCUT2D eigenvalue weighted by molar-refractivity contribution is 4.76. The largest absolute Gasteiger partial charge is 0.354 e. The molecule has 0 aliphatic carbocycles. The molecule has 0 saturated heterocycles. The van der Waals surface area contributed by atoms with Crippen molar-refractivity contribution in [2.24, 2.45) is 0 Å². The van der Waals surface area contributed by atoms with Gasteiger partial charge in [0.05, 0.1) is 6.61 Å². The summed E-state index contributed by atoms with van der Waals surface area (Å²) in [7, 11) is 1.67. The van der Waals surface area contributed by atoms with Crippen LogP contribution in [0, 0.1) is 0 Å². The van der Waals surface area contributed by atoms with Gasteiger partial charge in [-0.3, -0.25) is 0 Å². The molecule has 0 aromatic heterocycles. The minimum Gasteiger partial charge on any atom is -0.354 e. The quantitative estimate of drug-likeness (QED) is 0.361. The third-order valence-electron chi connectivity index (χ3n) is 1.94. The van der Waals surface area contributed by atoms with Gasteiger partial charge in [0, 0.05) is 7.11 Å². The van der Waals surface area contributed by atoms with Crippen molar-refractivity contribution in [2.75, 3.05) is 13.7 Å². The van der Waals surface area contributed by atoms with Crippen LogP contribution in [0.15, 0.2) is 12.2 Å². The highest BCUT2D eigenvalue weighted by Crippen LogP contribution is 2.10. The predicted octanol–water partition coefficient (Wildman–Crippen LogP) is 4.16. The molecule has 0 heterocycles. The topological polar surface area (TPSA) is 18.5 Å². The molecule has 0 radical (unpaired) electrons. The van der Waals surface area contributed by atoms with Crippen molar-refractivity contribution >= 4 is 0 Å². The lowest BCUT2D eigenvalue weighted by Crippen LogP contribution is -2.26. The number of hydrogen-bond acceptors (Lipinski definition) is 2. The molecule has 15 heavy (non-hydrogen) atoms. The molecule has 2 heteroatoms. The molecule has 0 amide bonds. The average Bonchev–Trinajstić information content (AvgIpc) is 2.26. The Labute approximate surface area is 95.7 Å². The summed E-state index contributed by atoms with van der Waals surface area (Å²) in [5.41, 5.74) is 0. The maximum Gasteiger partial charge on any atom is 0.162 e. The summed E-state index contributed by atoms with van der Waals surface area (Å²) in [5, 5.41) is 0. The smallest absolute Gasteiger partial charge is 0.162 e. The first kappa shape index (κ1) is 17.1. The van der Waals surface area contributed by atoms with E-state index < -0.39 is 5.79 Å². The van der Waals surface area contributed by atoms with E-state index in [0.29, 0.717) is 0 Å². The zero-order valence-corrected chi connectivity index (χ0v) is 11.3. The zero-order chi connectivity index (χ0) is 12.2. The Balaban J connectivity index is 0. The Morgan fingerprint density at radius 2 is 1.73 bits per heavy atom. The summed E-state index contributed by atoms with van der Waals surface area (Å²) >= 11 is 0. The number of methoxy groups -OCH3 is 1. The summed E-state index contributed by atoms with van der Waals surface area (Å²) in [6.45, 7) is 10.7. The second-order valence-corrected chi connectivity index (χ2v) is 3.52. The molecule has 0 fully saturated rings. The van der Waals surface area contributed by atoms with Crippen molar-refractivity contribution < 1.29 is 9.47 Å². The molecular weight excluding hydrogens is 188 g/mol. The highest BCUT2D eigenvalue weighted by Gasteiger charge is 2.15. The van der Waals surface area contributed by atoms with Crippen LogP contribution in [0.3, 0.4) is 0 Å². The first-order valence-corrected chi connectivity index (χ1v) is 5.92. The maximum atomic E-state index is 5.51. The van der Waals surface area contributed by atoms with Crippen LogP contribution in [0.4, 0.5) is 0 Å². The van der Waals surface area contributed by atoms with Crippen molar-refractivity contribution in [3.63, 3.8) is 0 Å². The SMILES string of the molecule is C/C=C/CCCCOC(C)(C)OC.CC. The normalized spacial score (nSPS) is 11.3. The van der Waals surface area contributed by atoms with E-state index in [9.17, 15) is 0 Å². The number of rotatable bonds is 7. The molecule has 0 rings (SSSR count). The highest BCUT2D eigenvalue weighted by atomic mass is 16.7. The van der Waals surface area contributed by atoms with E-state index in [1.807, 2.05) is 34.6 Å². The molecule has 2 nitrogen and oxygen atoms in total. The van der Waals surface area contributed by atoms with Crippen molar-refractivity contribution in [2.45, 2.75) is 59.7 Å². The third kappa shape index (κ3) is 13.7. The second kappa shape index (κ2) is 11.7. The van der Waals surface area contributed by atoms with Crippen LogP contribution in [0.25, 0.3) is 0 Å². The van der Waals surface area contributed by atoms with Crippen LogP contribution in [0.5, 0.6) is 0 Å². The summed E-state index contributed by atoms with van der Waals surface area (Å²) in [5.74, 6) is -0.430. The van der Waals surface area contributed by atoms with Gasteiger partial charge in [0.25, 0.3) is 0 Å². The van der Waals surface area contributed by atoms with Crippen LogP contribution >= 0.6 is 0 Å². The van der Waals surface area contributed by atoms with Gasteiger partial charge in [-0.25, -0.2) is 0 Å². The van der Waals surface area contributed by atoms with Gasteiger partial charge in [-0.05, 0) is 40.0 Å². The first-order chi connectivity index (χ1) is 7.12. The van der Waals surface area contributed by atoms with Crippen LogP contribution in [0.2, 0.25) is 0 Å². The van der Waals surface area contributed by atoms with Crippen molar-refractivity contribution in [3.05, 3.63) is 12.2 Å². The molecule has 0 unspecified atom stereocenters. The van der Waals surface area contributed by atoms with E-state index in [0.717, 1.165) is 19.4 Å². The molecule has 0 bridgehead atoms. The number of allylic oxidation sites excluding steroid dienone is 2. The first-order valence-electron chi connectivity index (χ1n) is 5.92. The van der Waals surface area contributed by atoms with E-state index in [-0.39, 0.29) is 0 Å². The minimum absolute atomic E-state index is 0.430. The molecular formula is C13H28O2. The molecule has 0 aliphatic rings. The predicted molar refractivity (Wildman–Crippen MR) is 67.1 cm³/mol. The molecule has 0 aromatic rings. The molecule has 0 N–H and O–H groups in total. The van der Waals surface area contributed by atoms with Crippen molar-refractivity contribution in [1.29, 1.82) is 0 Å². The number of hydrogen-bond donors (Lipinski definition) is 0. The van der Waals surface area contributed by atoms with Crippen LogP contribution in [-0.4, -0.2) is 19.5 Å². The second-order valence-electron chi connectivity index (χ2n) is 3.52. The van der Waals surface area contributed by atoms with Gasteiger partial charge in [0.15, 0.2) is 5.79 Å². The minimum atomic E-state index is -0.430. The van der Waals surface area contributed by atoms with Gasteiger partial charge in [-0.2, -0.15) is 0 Å². The summed E-state index contributed by atoms with van der Waals surface area (Å²) < 4.78 is 10.6. The summed E-state index contributed by atoms with van der Waals surface area (Å²) in [4.78, 5) is 0. The molecule has 0 aliphatic heterocycles. The standard InChI is InChI=1S/C11H22O2.C2H6/c1-5-6-7-8-9-10-13-11(2,3)12-4;1-2/h5-6H,7-10H2,1-4H3;1-2H3/b6-5+;. The van der Waals surface area contributed by atoms with E-state index in [2.05, 4.69) is 12.2 Å². The monoisotopic (exact) mass is 216 g/mol. The summed E-state index contributed by atoms with van der Waals surface area (Å²) in [6, 6.07) is 0. The maximum absolute atomic E-state index is 5.51. The number of ether oxygens (including phenoxy) is 2. The van der Waals surface area contributed by atoms with Crippen molar-refractivity contribution in [1.82, 2.24) is 0 Å². The van der Waals surface area contributed by atoms with Crippen LogP contribution < -0.4 is 0 Å². The summed E-state index contributed by atoms with van der Waals surface area (Å²) in [6.07, 6.45) is 7.69. The lowest BCUT2D eigenvalue weighted by molar-refractivity contribution is -0.197. The van der Waals surface area contributed by atoms with E-state index >= 15 is 0 Å². The average molecular weight is 216 g/mol. The zero-order valence-electron chi connectivity index (χ0n) is 11.3. The Kier molecular flexibility index (Phi) is 13.4. The third-order valence-corrected chi connectivity index (χ3v) is 1.94. The Morgan fingerprint density at radius 1 is 1.13 bits per heavy atom. The molecule has 0 aromatic carbocycles. The fourth-order valence-corrected chi connectivity index (χ4v) is 0.908. The van der Waals surface area contributed by atoms with Gasteiger partial charge >= 0.3 is 0 Å². The fraction of sp³-hybridized carbons (Fsp3) is 0.846. The molecule has 0 spiro atoms.